The van der Waals surface area contributed by atoms with Crippen LogP contribution in [-0.2, 0) is 9.59 Å². The van der Waals surface area contributed by atoms with Crippen molar-refractivity contribution in [3.8, 4) is 0 Å². The largest absolute Gasteiger partial charge is 0.357 e. The zero-order chi connectivity index (χ0) is 45.2. The molecule has 0 aliphatic rings. The van der Waals surface area contributed by atoms with Gasteiger partial charge in [0.15, 0.2) is 0 Å². The minimum atomic E-state index is 0.266. The maximum atomic E-state index is 14.3. The van der Waals surface area contributed by atoms with E-state index in [-0.39, 0.29) is 5.91 Å². The number of hydrogen-bond acceptors (Lipinski definition) is 4. The highest BCUT2D eigenvalue weighted by Crippen LogP contribution is 2.24. The summed E-state index contributed by atoms with van der Waals surface area (Å²) in [5.41, 5.74) is 0. The Bertz CT molecular complexity index is 850. The minimum absolute atomic E-state index is 0.266. The van der Waals surface area contributed by atoms with E-state index in [1.165, 1.54) is 257 Å². The maximum absolute atomic E-state index is 14.3. The number of hydrogen-bond donors (Lipinski definition) is 1. The first-order valence-electron chi connectivity index (χ1n) is 28.4. The monoisotopic (exact) mass is 875 g/mol. The van der Waals surface area contributed by atoms with E-state index in [2.05, 4.69) is 54.6 Å². The van der Waals surface area contributed by atoms with Crippen molar-refractivity contribution < 1.29 is 9.59 Å². The van der Waals surface area contributed by atoms with Gasteiger partial charge in [0.1, 0.15) is 0 Å². The highest BCUT2D eigenvalue weighted by Gasteiger charge is 2.19. The Balaban J connectivity index is 5.62. The molecule has 370 valence electrons. The zero-order valence-electron chi connectivity index (χ0n) is 43.3. The van der Waals surface area contributed by atoms with Crippen molar-refractivity contribution in [1.82, 2.24) is 20.0 Å². The van der Waals surface area contributed by atoms with Crippen molar-refractivity contribution >= 4 is 12.3 Å². The Morgan fingerprint density at radius 3 is 1.08 bits per heavy atom. The number of carbonyl (C=O) groups is 2. The standard InChI is InChI=1S/C56H114N4O2/c1-6-11-16-21-26-31-36-42-55(43-37-32-27-22-17-12-7-2)44-41-49-60(50-45-57-54-61)56(62)53-59(48-40-35-30-25-20-15-10-5)52-51-58(46-38-33-28-23-18-13-8-3)47-39-34-29-24-19-14-9-4/h54-55H,6-53H2,1-5H3,(H,57,61). The molecule has 2 amide bonds. The first-order valence-corrected chi connectivity index (χ1v) is 28.4. The van der Waals surface area contributed by atoms with Crippen LogP contribution < -0.4 is 5.32 Å². The van der Waals surface area contributed by atoms with Gasteiger partial charge >= 0.3 is 0 Å². The predicted molar refractivity (Wildman–Crippen MR) is 275 cm³/mol. The Morgan fingerprint density at radius 2 is 0.694 bits per heavy atom. The lowest BCUT2D eigenvalue weighted by atomic mass is 9.90. The lowest BCUT2D eigenvalue weighted by Gasteiger charge is -2.30. The second kappa shape index (κ2) is 50.9. The number of unbranched alkanes of at least 4 members (excludes halogenated alkanes) is 30. The minimum Gasteiger partial charge on any atom is -0.357 e. The zero-order valence-corrected chi connectivity index (χ0v) is 43.3. The molecule has 62 heavy (non-hydrogen) atoms. The van der Waals surface area contributed by atoms with E-state index in [0.29, 0.717) is 19.6 Å². The van der Waals surface area contributed by atoms with E-state index in [1.807, 2.05) is 0 Å². The molecule has 0 spiro atoms. The van der Waals surface area contributed by atoms with Crippen LogP contribution in [0.15, 0.2) is 0 Å². The molecule has 0 aromatic carbocycles. The fourth-order valence-electron chi connectivity index (χ4n) is 9.46. The summed E-state index contributed by atoms with van der Waals surface area (Å²) >= 11 is 0. The van der Waals surface area contributed by atoms with Gasteiger partial charge in [0.05, 0.1) is 6.54 Å². The molecule has 0 atom stereocenters. The van der Waals surface area contributed by atoms with Crippen molar-refractivity contribution in [2.24, 2.45) is 5.92 Å². The van der Waals surface area contributed by atoms with Crippen molar-refractivity contribution in [2.75, 3.05) is 58.9 Å². The van der Waals surface area contributed by atoms with Crippen molar-refractivity contribution in [3.63, 3.8) is 0 Å². The Morgan fingerprint density at radius 1 is 0.371 bits per heavy atom. The second-order valence-corrected chi connectivity index (χ2v) is 19.8. The van der Waals surface area contributed by atoms with Gasteiger partial charge in [-0.05, 0) is 57.7 Å². The fourth-order valence-corrected chi connectivity index (χ4v) is 9.46. The predicted octanol–water partition coefficient (Wildman–Crippen LogP) is 16.1. The molecule has 0 unspecified atom stereocenters. The summed E-state index contributed by atoms with van der Waals surface area (Å²) in [5.74, 6) is 1.04. The van der Waals surface area contributed by atoms with Crippen molar-refractivity contribution in [1.29, 1.82) is 0 Å². The van der Waals surface area contributed by atoms with E-state index in [1.54, 1.807) is 0 Å². The molecular weight excluding hydrogens is 761 g/mol. The number of amides is 2. The average Bonchev–Trinajstić information content (AvgIpc) is 3.27. The van der Waals surface area contributed by atoms with Crippen LogP contribution >= 0.6 is 0 Å². The first-order chi connectivity index (χ1) is 30.6. The van der Waals surface area contributed by atoms with Gasteiger partial charge in [-0.1, -0.05) is 253 Å². The molecule has 6 nitrogen and oxygen atoms in total. The molecule has 0 saturated carbocycles. The lowest BCUT2D eigenvalue weighted by molar-refractivity contribution is -0.132. The van der Waals surface area contributed by atoms with Crippen LogP contribution in [0.2, 0.25) is 0 Å². The fraction of sp³-hybridized carbons (Fsp3) is 0.964. The van der Waals surface area contributed by atoms with Crippen LogP contribution in [0.25, 0.3) is 0 Å². The van der Waals surface area contributed by atoms with E-state index in [0.717, 1.165) is 44.9 Å². The molecule has 0 aromatic rings. The molecule has 0 bridgehead atoms. The van der Waals surface area contributed by atoms with Crippen LogP contribution in [-0.4, -0.2) is 85.9 Å². The summed E-state index contributed by atoms with van der Waals surface area (Å²) in [7, 11) is 0. The summed E-state index contributed by atoms with van der Waals surface area (Å²) in [6.07, 6.45) is 53.1. The third-order valence-corrected chi connectivity index (χ3v) is 13.8. The van der Waals surface area contributed by atoms with Gasteiger partial charge in [-0.25, -0.2) is 0 Å². The Kier molecular flexibility index (Phi) is 49.9. The summed E-state index contributed by atoms with van der Waals surface area (Å²) in [6, 6.07) is 0. The normalized spacial score (nSPS) is 11.7. The third-order valence-electron chi connectivity index (χ3n) is 13.8. The van der Waals surface area contributed by atoms with Gasteiger partial charge in [-0.15, -0.1) is 0 Å². The molecule has 0 heterocycles. The van der Waals surface area contributed by atoms with Crippen LogP contribution in [0, 0.1) is 5.92 Å². The highest BCUT2D eigenvalue weighted by molar-refractivity contribution is 5.78. The number of nitrogens with zero attached hydrogens (tertiary/aromatic N) is 3. The SMILES string of the molecule is CCCCCCCCCC(CCCCCCCCC)CCCN(CCNC=O)C(=O)CN(CCCCCCCCC)CCN(CCCCCCCCC)CCCCCCCCC. The van der Waals surface area contributed by atoms with Gasteiger partial charge in [-0.2, -0.15) is 0 Å². The van der Waals surface area contributed by atoms with E-state index in [4.69, 9.17) is 0 Å². The molecule has 1 N–H and O–H groups in total. The molecule has 0 aromatic heterocycles. The summed E-state index contributed by atoms with van der Waals surface area (Å²) < 4.78 is 0. The topological polar surface area (TPSA) is 55.9 Å². The quantitative estimate of drug-likeness (QED) is 0.0489. The average molecular weight is 876 g/mol. The third kappa shape index (κ3) is 42.8. The number of nitrogens with one attached hydrogen (secondary N) is 1. The van der Waals surface area contributed by atoms with E-state index in [9.17, 15) is 9.59 Å². The van der Waals surface area contributed by atoms with Gasteiger partial charge < -0.3 is 15.1 Å². The summed E-state index contributed by atoms with van der Waals surface area (Å²) in [6.45, 7) is 19.5. The number of carbonyl (C=O) groups excluding carboxylic acids is 2. The van der Waals surface area contributed by atoms with Gasteiger partial charge in [0.2, 0.25) is 12.3 Å². The molecule has 0 aliphatic heterocycles. The van der Waals surface area contributed by atoms with Crippen LogP contribution in [0.5, 0.6) is 0 Å². The Labute approximate surface area is 390 Å². The van der Waals surface area contributed by atoms with Crippen molar-refractivity contribution in [2.45, 2.75) is 285 Å². The van der Waals surface area contributed by atoms with Crippen molar-refractivity contribution in [3.05, 3.63) is 0 Å². The van der Waals surface area contributed by atoms with E-state index < -0.39 is 0 Å². The smallest absolute Gasteiger partial charge is 0.236 e. The maximum Gasteiger partial charge on any atom is 0.236 e. The molecule has 6 heteroatoms. The number of rotatable bonds is 53. The second-order valence-electron chi connectivity index (χ2n) is 19.8. The molecule has 0 aliphatic carbocycles. The van der Waals surface area contributed by atoms with Gasteiger partial charge in [0.25, 0.3) is 0 Å². The van der Waals surface area contributed by atoms with Gasteiger partial charge in [0, 0.05) is 32.7 Å². The lowest BCUT2D eigenvalue weighted by Crippen LogP contribution is -2.45. The van der Waals surface area contributed by atoms with E-state index >= 15 is 0 Å². The summed E-state index contributed by atoms with van der Waals surface area (Å²) in [4.78, 5) is 33.0. The van der Waals surface area contributed by atoms with Gasteiger partial charge in [-0.3, -0.25) is 14.5 Å². The first kappa shape index (κ1) is 60.9. The molecular formula is C56H114N4O2. The molecule has 0 radical (unpaired) electrons. The van der Waals surface area contributed by atoms with Crippen LogP contribution in [0.1, 0.15) is 285 Å². The molecule has 0 saturated heterocycles. The summed E-state index contributed by atoms with van der Waals surface area (Å²) in [5, 5.41) is 2.88. The Hall–Kier alpha value is -1.14. The van der Waals surface area contributed by atoms with Crippen LogP contribution in [0.4, 0.5) is 0 Å². The van der Waals surface area contributed by atoms with Crippen LogP contribution in [0.3, 0.4) is 0 Å². The highest BCUT2D eigenvalue weighted by atomic mass is 16.2. The molecule has 0 fully saturated rings. The molecule has 0 rings (SSSR count).